The SMILES string of the molecule is C.C.CC(C)(C)OC(=O)NOCc1ccc(C(N)=O)cn1.COC(=O)c1ccc(CONC(=O)OC(C)(C)C)nc1.I.N. The van der Waals surface area contributed by atoms with Crippen molar-refractivity contribution in [2.24, 2.45) is 5.73 Å². The van der Waals surface area contributed by atoms with Gasteiger partial charge in [0.1, 0.15) is 24.4 Å². The molecule has 0 spiro atoms. The number of carbonyl (C=O) groups is 4. The molecule has 2 aromatic heterocycles. The van der Waals surface area contributed by atoms with E-state index >= 15 is 0 Å². The van der Waals surface area contributed by atoms with Gasteiger partial charge in [0, 0.05) is 12.4 Å². The number of rotatable bonds is 8. The van der Waals surface area contributed by atoms with Crippen LogP contribution in [0.1, 0.15) is 88.5 Å². The van der Waals surface area contributed by atoms with Gasteiger partial charge in [-0.3, -0.25) is 24.4 Å². The van der Waals surface area contributed by atoms with Crippen LogP contribution in [0.5, 0.6) is 0 Å². The Hall–Kier alpha value is -3.61. The molecule has 0 aliphatic rings. The molecule has 0 bridgehead atoms. The van der Waals surface area contributed by atoms with E-state index in [1.165, 1.54) is 25.6 Å². The van der Waals surface area contributed by atoms with Gasteiger partial charge in [-0.1, -0.05) is 14.9 Å². The summed E-state index contributed by atoms with van der Waals surface area (Å²) in [5.41, 5.74) is 9.92. The Morgan fingerprint density at radius 2 is 1.12 bits per heavy atom. The number of primary amides is 1. The number of ether oxygens (including phenoxy) is 3. The van der Waals surface area contributed by atoms with Crippen LogP contribution in [0.3, 0.4) is 0 Å². The number of pyridine rings is 2. The van der Waals surface area contributed by atoms with E-state index in [0.717, 1.165) is 0 Å². The van der Waals surface area contributed by atoms with E-state index < -0.39 is 35.3 Å². The minimum Gasteiger partial charge on any atom is -0.465 e. The fraction of sp³-hybridized carbons (Fsp3) is 0.481. The van der Waals surface area contributed by atoms with Gasteiger partial charge in [-0.05, 0) is 65.8 Å². The molecule has 3 amide bonds. The van der Waals surface area contributed by atoms with Gasteiger partial charge in [0.05, 0.1) is 29.6 Å². The monoisotopic (exact) mass is 726 g/mol. The molecule has 15 nitrogen and oxygen atoms in total. The zero-order chi connectivity index (χ0) is 29.6. The summed E-state index contributed by atoms with van der Waals surface area (Å²) in [6.07, 6.45) is 1.36. The fourth-order valence-corrected chi connectivity index (χ4v) is 2.34. The number of esters is 1. The van der Waals surface area contributed by atoms with Crippen LogP contribution in [0.4, 0.5) is 9.59 Å². The zero-order valence-electron chi connectivity index (χ0n) is 24.1. The normalized spacial score (nSPS) is 9.84. The molecule has 2 heterocycles. The van der Waals surface area contributed by atoms with Crippen molar-refractivity contribution in [1.82, 2.24) is 27.1 Å². The van der Waals surface area contributed by atoms with Crippen LogP contribution in [-0.4, -0.2) is 52.3 Å². The van der Waals surface area contributed by atoms with E-state index in [1.807, 2.05) is 0 Å². The highest BCUT2D eigenvalue weighted by Crippen LogP contribution is 2.08. The number of nitrogens with zero attached hydrogens (tertiary/aromatic N) is 2. The second-order valence-electron chi connectivity index (χ2n) is 9.72. The second-order valence-corrected chi connectivity index (χ2v) is 9.72. The topological polar surface area (TPSA) is 225 Å². The number of nitrogens with two attached hydrogens (primary N) is 1. The molecular formula is C27H47IN6O9. The number of amides is 3. The van der Waals surface area contributed by atoms with E-state index in [-0.39, 0.29) is 58.2 Å². The van der Waals surface area contributed by atoms with Gasteiger partial charge < -0.3 is 26.1 Å². The number of hydrogen-bond donors (Lipinski definition) is 4. The third-order valence-corrected chi connectivity index (χ3v) is 3.90. The minimum atomic E-state index is -0.679. The van der Waals surface area contributed by atoms with Gasteiger partial charge in [-0.25, -0.2) is 14.4 Å². The van der Waals surface area contributed by atoms with Gasteiger partial charge in [0.2, 0.25) is 5.91 Å². The summed E-state index contributed by atoms with van der Waals surface area (Å²) in [4.78, 5) is 62.4. The van der Waals surface area contributed by atoms with Crippen molar-refractivity contribution in [2.75, 3.05) is 7.11 Å². The third kappa shape index (κ3) is 21.7. The summed E-state index contributed by atoms with van der Waals surface area (Å²) in [5, 5.41) is 0. The molecule has 246 valence electrons. The van der Waals surface area contributed by atoms with Gasteiger partial charge in [0.25, 0.3) is 0 Å². The quantitative estimate of drug-likeness (QED) is 0.122. The first-order valence-corrected chi connectivity index (χ1v) is 11.6. The van der Waals surface area contributed by atoms with Crippen molar-refractivity contribution < 1.29 is 43.1 Å². The Morgan fingerprint density at radius 3 is 1.40 bits per heavy atom. The molecule has 0 atom stereocenters. The highest BCUT2D eigenvalue weighted by atomic mass is 127. The zero-order valence-corrected chi connectivity index (χ0v) is 26.5. The largest absolute Gasteiger partial charge is 0.465 e. The van der Waals surface area contributed by atoms with Crippen LogP contribution in [0.2, 0.25) is 0 Å². The average molecular weight is 727 g/mol. The fourth-order valence-electron chi connectivity index (χ4n) is 2.34. The molecule has 7 N–H and O–H groups in total. The van der Waals surface area contributed by atoms with Gasteiger partial charge >= 0.3 is 18.2 Å². The van der Waals surface area contributed by atoms with Gasteiger partial charge in [-0.2, -0.15) is 11.0 Å². The number of halogens is 1. The van der Waals surface area contributed by atoms with Crippen LogP contribution in [0, 0.1) is 0 Å². The van der Waals surface area contributed by atoms with Crippen LogP contribution in [-0.2, 0) is 37.1 Å². The maximum atomic E-state index is 11.3. The minimum absolute atomic E-state index is 0. The lowest BCUT2D eigenvalue weighted by molar-refractivity contribution is -0.0149. The maximum Gasteiger partial charge on any atom is 0.431 e. The second kappa shape index (κ2) is 22.0. The lowest BCUT2D eigenvalue weighted by atomic mass is 10.2. The summed E-state index contributed by atoms with van der Waals surface area (Å²) in [6, 6.07) is 6.27. The Bertz CT molecular complexity index is 1100. The molecule has 0 aliphatic heterocycles. The molecule has 0 unspecified atom stereocenters. The predicted octanol–water partition coefficient (Wildman–Crippen LogP) is 5.01. The molecular weight excluding hydrogens is 679 g/mol. The summed E-state index contributed by atoms with van der Waals surface area (Å²) >= 11 is 0. The number of carbonyl (C=O) groups excluding carboxylic acids is 4. The molecule has 2 aromatic rings. The van der Waals surface area contributed by atoms with Crippen molar-refractivity contribution in [3.63, 3.8) is 0 Å². The van der Waals surface area contributed by atoms with Crippen molar-refractivity contribution in [3.8, 4) is 0 Å². The summed E-state index contributed by atoms with van der Waals surface area (Å²) in [7, 11) is 1.30. The molecule has 0 radical (unpaired) electrons. The Labute approximate surface area is 270 Å². The van der Waals surface area contributed by atoms with E-state index in [9.17, 15) is 19.2 Å². The van der Waals surface area contributed by atoms with Gasteiger partial charge in [-0.15, -0.1) is 24.0 Å². The molecule has 16 heteroatoms. The Kier molecular flexibility index (Phi) is 23.7. The number of hydrogen-bond acceptors (Lipinski definition) is 12. The lowest BCUT2D eigenvalue weighted by Gasteiger charge is -2.19. The molecule has 0 saturated heterocycles. The number of nitrogens with one attached hydrogen (secondary N) is 2. The Morgan fingerprint density at radius 1 is 0.744 bits per heavy atom. The first-order chi connectivity index (χ1) is 18.1. The molecule has 0 saturated carbocycles. The number of methoxy groups -OCH3 is 1. The van der Waals surface area contributed by atoms with Crippen molar-refractivity contribution in [2.45, 2.75) is 80.8 Å². The maximum absolute atomic E-state index is 11.3. The van der Waals surface area contributed by atoms with Crippen LogP contribution in [0.25, 0.3) is 0 Å². The highest BCUT2D eigenvalue weighted by molar-refractivity contribution is 14.0. The van der Waals surface area contributed by atoms with E-state index in [1.54, 1.807) is 59.7 Å². The smallest absolute Gasteiger partial charge is 0.431 e. The lowest BCUT2D eigenvalue weighted by Crippen LogP contribution is -2.32. The molecule has 0 aromatic carbocycles. The van der Waals surface area contributed by atoms with Crippen molar-refractivity contribution >= 4 is 48.0 Å². The van der Waals surface area contributed by atoms with Crippen LogP contribution < -0.4 is 22.8 Å². The summed E-state index contributed by atoms with van der Waals surface area (Å²) < 4.78 is 14.5. The first kappa shape index (κ1) is 46.4. The molecule has 0 aliphatic carbocycles. The highest BCUT2D eigenvalue weighted by Gasteiger charge is 2.17. The van der Waals surface area contributed by atoms with Crippen molar-refractivity contribution in [1.29, 1.82) is 0 Å². The van der Waals surface area contributed by atoms with E-state index in [4.69, 9.17) is 24.9 Å². The number of aromatic nitrogens is 2. The average Bonchev–Trinajstić information content (AvgIpc) is 2.82. The number of hydroxylamine groups is 2. The summed E-state index contributed by atoms with van der Waals surface area (Å²) in [6.45, 7) is 10.6. The Balaban J connectivity index is -0.000000324. The first-order valence-electron chi connectivity index (χ1n) is 11.6. The summed E-state index contributed by atoms with van der Waals surface area (Å²) in [5.74, 6) is -1.01. The molecule has 2 rings (SSSR count). The van der Waals surface area contributed by atoms with Crippen LogP contribution >= 0.6 is 24.0 Å². The predicted molar refractivity (Wildman–Crippen MR) is 171 cm³/mol. The van der Waals surface area contributed by atoms with E-state index in [2.05, 4.69) is 25.7 Å². The molecule has 43 heavy (non-hydrogen) atoms. The van der Waals surface area contributed by atoms with Gasteiger partial charge in [0.15, 0.2) is 0 Å². The van der Waals surface area contributed by atoms with E-state index in [0.29, 0.717) is 22.5 Å². The molecule has 0 fully saturated rings. The van der Waals surface area contributed by atoms with Crippen molar-refractivity contribution in [3.05, 3.63) is 59.2 Å². The standard InChI is InChI=1S/C13H18N2O5.C12H17N3O4.2CH4.HI.H3N/c1-13(2,3)20-12(17)15-19-8-10-6-5-9(7-14-10)11(16)18-4;1-12(2,3)19-11(17)15-18-7-9-5-4-8(6-14-9)10(13)16;;;;/h5-7H,8H2,1-4H3,(H,15,17);4-6H,7H2,1-3H3,(H2,13,16)(H,15,17);2*1H4;1H;1H3. The van der Waals surface area contributed by atoms with Crippen LogP contribution in [0.15, 0.2) is 36.7 Å². The third-order valence-electron chi connectivity index (χ3n) is 3.90.